The molecule has 0 heterocycles. The molecule has 2 atom stereocenters. The summed E-state index contributed by atoms with van der Waals surface area (Å²) in [4.78, 5) is 7.80. The zero-order chi connectivity index (χ0) is 11.4. The van der Waals surface area contributed by atoms with Crippen molar-refractivity contribution in [2.24, 2.45) is 15.9 Å². The third kappa shape index (κ3) is 2.11. The van der Waals surface area contributed by atoms with Gasteiger partial charge < -0.3 is 0 Å². The summed E-state index contributed by atoms with van der Waals surface area (Å²) >= 11 is 0. The average molecular weight is 212 g/mol. The Kier molecular flexibility index (Phi) is 3.30. The van der Waals surface area contributed by atoms with Gasteiger partial charge in [-0.2, -0.15) is 0 Å². The molecule has 82 valence electrons. The zero-order valence-electron chi connectivity index (χ0n) is 9.34. The Hall–Kier alpha value is -1.70. The van der Waals surface area contributed by atoms with Gasteiger partial charge in [0.2, 0.25) is 0 Å². The van der Waals surface area contributed by atoms with E-state index in [1.807, 2.05) is 6.07 Å². The lowest BCUT2D eigenvalue weighted by atomic mass is 9.69. The summed E-state index contributed by atoms with van der Waals surface area (Å²) in [6.45, 7) is 7.38. The highest BCUT2D eigenvalue weighted by molar-refractivity contribution is 5.63. The van der Waals surface area contributed by atoms with Crippen molar-refractivity contribution in [3.05, 3.63) is 48.2 Å². The number of nitrogens with zero attached hydrogens (tertiary/aromatic N) is 2. The van der Waals surface area contributed by atoms with Crippen LogP contribution in [0.3, 0.4) is 0 Å². The molecular formula is C14H16N2. The quantitative estimate of drug-likeness (QED) is 0.539. The van der Waals surface area contributed by atoms with Gasteiger partial charge in [0, 0.05) is 11.6 Å². The lowest BCUT2D eigenvalue weighted by molar-refractivity contribution is 0.299. The van der Waals surface area contributed by atoms with Crippen LogP contribution in [0, 0.1) is 5.92 Å². The number of benzene rings is 1. The van der Waals surface area contributed by atoms with Gasteiger partial charge in [0.25, 0.3) is 0 Å². The van der Waals surface area contributed by atoms with Crippen LogP contribution in [-0.2, 0) is 0 Å². The Morgan fingerprint density at radius 3 is 2.56 bits per heavy atom. The van der Waals surface area contributed by atoms with Gasteiger partial charge in [-0.05, 0) is 31.0 Å². The van der Waals surface area contributed by atoms with E-state index < -0.39 is 0 Å². The summed E-state index contributed by atoms with van der Waals surface area (Å²) in [7, 11) is 0. The normalized spacial score (nSPS) is 24.0. The summed E-state index contributed by atoms with van der Waals surface area (Å²) in [6, 6.07) is 10.6. The standard InChI is InChI=1S/C14H16N2/c1-11(16-10-15-2)13-8-9-14(13)12-6-4-3-5-7-12/h3-7,10,13-14H,1-2,8-9H2/b16-10-/t13-,14+/m0/s1. The summed E-state index contributed by atoms with van der Waals surface area (Å²) in [6.07, 6.45) is 3.88. The Balaban J connectivity index is 2.07. The molecule has 0 saturated heterocycles. The molecule has 2 heteroatoms. The number of aliphatic imine (C=N–C) groups is 2. The molecule has 0 N–H and O–H groups in total. The fourth-order valence-electron chi connectivity index (χ4n) is 2.21. The van der Waals surface area contributed by atoms with E-state index in [0.29, 0.717) is 11.8 Å². The van der Waals surface area contributed by atoms with Crippen molar-refractivity contribution in [3.63, 3.8) is 0 Å². The largest absolute Gasteiger partial charge is 0.253 e. The van der Waals surface area contributed by atoms with Gasteiger partial charge in [-0.3, -0.25) is 4.99 Å². The van der Waals surface area contributed by atoms with Crippen molar-refractivity contribution in [1.29, 1.82) is 0 Å². The van der Waals surface area contributed by atoms with E-state index in [1.165, 1.54) is 24.7 Å². The SMILES string of the molecule is C=N/C=N\C(=C)[C@@H]1CC[C@@H]1c1ccccc1. The number of hydrogen-bond acceptors (Lipinski definition) is 1. The van der Waals surface area contributed by atoms with Gasteiger partial charge in [0.15, 0.2) is 0 Å². The molecule has 0 aliphatic heterocycles. The first-order chi connectivity index (χ1) is 7.83. The molecule has 1 saturated carbocycles. The van der Waals surface area contributed by atoms with Crippen molar-refractivity contribution in [1.82, 2.24) is 0 Å². The van der Waals surface area contributed by atoms with Crippen molar-refractivity contribution in [3.8, 4) is 0 Å². The zero-order valence-corrected chi connectivity index (χ0v) is 9.34. The average Bonchev–Trinajstić information content (AvgIpc) is 2.26. The lowest BCUT2D eigenvalue weighted by Crippen LogP contribution is -2.24. The van der Waals surface area contributed by atoms with Gasteiger partial charge in [0.1, 0.15) is 6.34 Å². The van der Waals surface area contributed by atoms with Crippen molar-refractivity contribution in [2.75, 3.05) is 0 Å². The Bertz CT molecular complexity index is 406. The van der Waals surface area contributed by atoms with Gasteiger partial charge in [0.05, 0.1) is 0 Å². The van der Waals surface area contributed by atoms with Crippen molar-refractivity contribution < 1.29 is 0 Å². The molecule has 0 aromatic heterocycles. The molecule has 0 amide bonds. The van der Waals surface area contributed by atoms with E-state index >= 15 is 0 Å². The lowest BCUT2D eigenvalue weighted by Gasteiger charge is -2.37. The van der Waals surface area contributed by atoms with E-state index in [2.05, 4.69) is 47.5 Å². The summed E-state index contributed by atoms with van der Waals surface area (Å²) in [5, 5.41) is 0. The maximum atomic E-state index is 4.19. The second-order valence-electron chi connectivity index (χ2n) is 4.12. The minimum Gasteiger partial charge on any atom is -0.253 e. The van der Waals surface area contributed by atoms with Gasteiger partial charge in [-0.15, -0.1) is 0 Å². The predicted molar refractivity (Wildman–Crippen MR) is 69.1 cm³/mol. The first-order valence-electron chi connectivity index (χ1n) is 5.55. The maximum absolute atomic E-state index is 4.19. The smallest absolute Gasteiger partial charge is 0.114 e. The van der Waals surface area contributed by atoms with Crippen LogP contribution in [0.5, 0.6) is 0 Å². The maximum Gasteiger partial charge on any atom is 0.114 e. The van der Waals surface area contributed by atoms with Crippen LogP contribution < -0.4 is 0 Å². The molecule has 2 rings (SSSR count). The van der Waals surface area contributed by atoms with Crippen LogP contribution in [0.4, 0.5) is 0 Å². The van der Waals surface area contributed by atoms with E-state index in [0.717, 1.165) is 5.70 Å². The van der Waals surface area contributed by atoms with Crippen LogP contribution in [0.15, 0.2) is 52.6 Å². The molecule has 2 nitrogen and oxygen atoms in total. The second-order valence-corrected chi connectivity index (χ2v) is 4.12. The predicted octanol–water partition coefficient (Wildman–Crippen LogP) is 3.42. The highest BCUT2D eigenvalue weighted by Gasteiger charge is 2.33. The van der Waals surface area contributed by atoms with E-state index in [4.69, 9.17) is 0 Å². The van der Waals surface area contributed by atoms with Crippen LogP contribution in [-0.4, -0.2) is 13.1 Å². The molecule has 1 fully saturated rings. The molecule has 0 bridgehead atoms. The minimum atomic E-state index is 0.473. The van der Waals surface area contributed by atoms with Crippen LogP contribution >= 0.6 is 0 Å². The molecule has 1 aromatic carbocycles. The van der Waals surface area contributed by atoms with Crippen LogP contribution in [0.25, 0.3) is 0 Å². The molecule has 0 unspecified atom stereocenters. The Morgan fingerprint density at radius 2 is 2.00 bits per heavy atom. The highest BCUT2D eigenvalue weighted by Crippen LogP contribution is 2.46. The third-order valence-electron chi connectivity index (χ3n) is 3.24. The monoisotopic (exact) mass is 212 g/mol. The fraction of sp³-hybridized carbons (Fsp3) is 0.286. The summed E-state index contributed by atoms with van der Waals surface area (Å²) in [5.41, 5.74) is 2.31. The van der Waals surface area contributed by atoms with Gasteiger partial charge in [-0.1, -0.05) is 36.9 Å². The highest BCUT2D eigenvalue weighted by atomic mass is 14.9. The van der Waals surface area contributed by atoms with Gasteiger partial charge in [-0.25, -0.2) is 4.99 Å². The minimum absolute atomic E-state index is 0.473. The van der Waals surface area contributed by atoms with Gasteiger partial charge >= 0.3 is 0 Å². The molecular weight excluding hydrogens is 196 g/mol. The summed E-state index contributed by atoms with van der Waals surface area (Å²) in [5.74, 6) is 1.05. The molecule has 1 aliphatic carbocycles. The number of allylic oxidation sites excluding steroid dienone is 1. The molecule has 16 heavy (non-hydrogen) atoms. The van der Waals surface area contributed by atoms with E-state index in [1.54, 1.807) is 0 Å². The van der Waals surface area contributed by atoms with Crippen molar-refractivity contribution >= 4 is 13.1 Å². The number of hydrogen-bond donors (Lipinski definition) is 0. The van der Waals surface area contributed by atoms with Crippen molar-refractivity contribution in [2.45, 2.75) is 18.8 Å². The second kappa shape index (κ2) is 4.88. The molecule has 0 spiro atoms. The third-order valence-corrected chi connectivity index (χ3v) is 3.24. The molecule has 0 radical (unpaired) electrons. The first-order valence-corrected chi connectivity index (χ1v) is 5.55. The Labute approximate surface area is 96.4 Å². The number of rotatable bonds is 4. The fourth-order valence-corrected chi connectivity index (χ4v) is 2.21. The first kappa shape index (κ1) is 10.8. The molecule has 1 aliphatic rings. The summed E-state index contributed by atoms with van der Waals surface area (Å²) < 4.78 is 0. The van der Waals surface area contributed by atoms with E-state index in [-0.39, 0.29) is 0 Å². The molecule has 1 aromatic rings. The van der Waals surface area contributed by atoms with Crippen LogP contribution in [0.2, 0.25) is 0 Å². The topological polar surface area (TPSA) is 24.7 Å². The Morgan fingerprint density at radius 1 is 1.25 bits per heavy atom. The van der Waals surface area contributed by atoms with E-state index in [9.17, 15) is 0 Å². The van der Waals surface area contributed by atoms with Crippen LogP contribution in [0.1, 0.15) is 24.3 Å².